The maximum absolute atomic E-state index is 11.9. The second-order valence-electron chi connectivity index (χ2n) is 5.67. The molecule has 3 N–H and O–H groups in total. The summed E-state index contributed by atoms with van der Waals surface area (Å²) < 4.78 is 0. The molecule has 0 spiro atoms. The van der Waals surface area contributed by atoms with Gasteiger partial charge < -0.3 is 16.0 Å². The first-order valence-corrected chi connectivity index (χ1v) is 7.87. The van der Waals surface area contributed by atoms with Crippen molar-refractivity contribution < 1.29 is 4.79 Å². The van der Waals surface area contributed by atoms with Crippen LogP contribution >= 0.6 is 11.6 Å². The SMILES string of the molecule is CCN(CCCC(=O)Nc1ccc(Cl)cc1N)CC(C)C. The maximum atomic E-state index is 11.9. The fraction of sp³-hybridized carbons (Fsp3) is 0.562. The Hall–Kier alpha value is -1.26. The van der Waals surface area contributed by atoms with Gasteiger partial charge in [0, 0.05) is 18.0 Å². The van der Waals surface area contributed by atoms with Gasteiger partial charge in [0.05, 0.1) is 11.4 Å². The van der Waals surface area contributed by atoms with Crippen LogP contribution in [0.4, 0.5) is 11.4 Å². The van der Waals surface area contributed by atoms with Crippen LogP contribution in [-0.2, 0) is 4.79 Å². The summed E-state index contributed by atoms with van der Waals surface area (Å²) in [6, 6.07) is 5.08. The Bertz CT molecular complexity index is 463. The van der Waals surface area contributed by atoms with Crippen LogP contribution in [-0.4, -0.2) is 30.4 Å². The molecule has 1 aromatic carbocycles. The number of nitrogen functional groups attached to an aromatic ring is 1. The summed E-state index contributed by atoms with van der Waals surface area (Å²) in [6.45, 7) is 9.60. The lowest BCUT2D eigenvalue weighted by atomic mass is 10.2. The highest BCUT2D eigenvalue weighted by molar-refractivity contribution is 6.31. The standard InChI is InChI=1S/C16H26ClN3O/c1-4-20(11-12(2)3)9-5-6-16(21)19-15-8-7-13(17)10-14(15)18/h7-8,10,12H,4-6,9,11,18H2,1-3H3,(H,19,21). The van der Waals surface area contributed by atoms with Gasteiger partial charge in [-0.15, -0.1) is 0 Å². The zero-order valence-electron chi connectivity index (χ0n) is 13.2. The van der Waals surface area contributed by atoms with Gasteiger partial charge in [0.2, 0.25) is 5.91 Å². The van der Waals surface area contributed by atoms with Crippen LogP contribution in [0.2, 0.25) is 5.02 Å². The predicted octanol–water partition coefficient (Wildman–Crippen LogP) is 3.62. The first-order chi connectivity index (χ1) is 9.92. The molecule has 0 atom stereocenters. The minimum absolute atomic E-state index is 0.00961. The van der Waals surface area contributed by atoms with Crippen molar-refractivity contribution in [2.45, 2.75) is 33.6 Å². The van der Waals surface area contributed by atoms with E-state index in [1.165, 1.54) is 0 Å². The Morgan fingerprint density at radius 1 is 1.43 bits per heavy atom. The van der Waals surface area contributed by atoms with Crippen LogP contribution in [0.1, 0.15) is 33.6 Å². The van der Waals surface area contributed by atoms with E-state index in [4.69, 9.17) is 17.3 Å². The van der Waals surface area contributed by atoms with Crippen molar-refractivity contribution in [1.29, 1.82) is 0 Å². The van der Waals surface area contributed by atoms with E-state index in [1.54, 1.807) is 18.2 Å². The first kappa shape index (κ1) is 17.8. The molecule has 0 unspecified atom stereocenters. The third-order valence-corrected chi connectivity index (χ3v) is 3.47. The molecule has 21 heavy (non-hydrogen) atoms. The van der Waals surface area contributed by atoms with Gasteiger partial charge >= 0.3 is 0 Å². The van der Waals surface area contributed by atoms with Gasteiger partial charge in [-0.1, -0.05) is 32.4 Å². The van der Waals surface area contributed by atoms with Gasteiger partial charge in [-0.2, -0.15) is 0 Å². The molecule has 118 valence electrons. The van der Waals surface area contributed by atoms with Crippen LogP contribution in [0.15, 0.2) is 18.2 Å². The lowest BCUT2D eigenvalue weighted by molar-refractivity contribution is -0.116. The molecule has 0 aliphatic carbocycles. The van der Waals surface area contributed by atoms with Gasteiger partial charge in [-0.25, -0.2) is 0 Å². The molecule has 0 heterocycles. The normalized spacial score (nSPS) is 11.1. The minimum atomic E-state index is -0.00961. The molecule has 1 aromatic rings. The molecule has 0 radical (unpaired) electrons. The molecule has 0 saturated heterocycles. The highest BCUT2D eigenvalue weighted by Crippen LogP contribution is 2.22. The van der Waals surface area contributed by atoms with Gasteiger partial charge in [0.1, 0.15) is 0 Å². The van der Waals surface area contributed by atoms with E-state index in [0.717, 1.165) is 26.1 Å². The Morgan fingerprint density at radius 2 is 2.14 bits per heavy atom. The lowest BCUT2D eigenvalue weighted by Gasteiger charge is -2.22. The van der Waals surface area contributed by atoms with Crippen molar-refractivity contribution in [2.24, 2.45) is 5.92 Å². The molecular formula is C16H26ClN3O. The third-order valence-electron chi connectivity index (χ3n) is 3.24. The van der Waals surface area contributed by atoms with Gasteiger partial charge in [-0.05, 0) is 43.6 Å². The highest BCUT2D eigenvalue weighted by Gasteiger charge is 2.08. The number of halogens is 1. The van der Waals surface area contributed by atoms with E-state index in [9.17, 15) is 4.79 Å². The van der Waals surface area contributed by atoms with E-state index in [-0.39, 0.29) is 5.91 Å². The van der Waals surface area contributed by atoms with Crippen LogP contribution in [0.25, 0.3) is 0 Å². The van der Waals surface area contributed by atoms with E-state index in [2.05, 4.69) is 31.0 Å². The number of anilines is 2. The maximum Gasteiger partial charge on any atom is 0.224 e. The first-order valence-electron chi connectivity index (χ1n) is 7.49. The topological polar surface area (TPSA) is 58.4 Å². The molecular weight excluding hydrogens is 286 g/mol. The van der Waals surface area contributed by atoms with E-state index >= 15 is 0 Å². The second-order valence-corrected chi connectivity index (χ2v) is 6.11. The highest BCUT2D eigenvalue weighted by atomic mass is 35.5. The molecule has 0 aliphatic rings. The largest absolute Gasteiger partial charge is 0.397 e. The van der Waals surface area contributed by atoms with Gasteiger partial charge in [0.15, 0.2) is 0 Å². The summed E-state index contributed by atoms with van der Waals surface area (Å²) in [6.07, 6.45) is 1.34. The summed E-state index contributed by atoms with van der Waals surface area (Å²) in [5, 5.41) is 3.40. The number of rotatable bonds is 8. The summed E-state index contributed by atoms with van der Waals surface area (Å²) in [5.41, 5.74) is 6.93. The monoisotopic (exact) mass is 311 g/mol. The average molecular weight is 312 g/mol. The van der Waals surface area contributed by atoms with Crippen LogP contribution in [0.3, 0.4) is 0 Å². The van der Waals surface area contributed by atoms with Crippen molar-refractivity contribution in [2.75, 3.05) is 30.7 Å². The molecule has 0 bridgehead atoms. The lowest BCUT2D eigenvalue weighted by Crippen LogP contribution is -2.29. The number of hydrogen-bond acceptors (Lipinski definition) is 3. The number of hydrogen-bond donors (Lipinski definition) is 2. The van der Waals surface area contributed by atoms with Crippen molar-refractivity contribution >= 4 is 28.9 Å². The smallest absolute Gasteiger partial charge is 0.224 e. The van der Waals surface area contributed by atoms with Crippen molar-refractivity contribution in [3.05, 3.63) is 23.2 Å². The fourth-order valence-electron chi connectivity index (χ4n) is 2.22. The summed E-state index contributed by atoms with van der Waals surface area (Å²) in [4.78, 5) is 14.3. The second kappa shape index (κ2) is 8.90. The van der Waals surface area contributed by atoms with Crippen LogP contribution in [0, 0.1) is 5.92 Å². The Balaban J connectivity index is 2.37. The Labute approximate surface area is 132 Å². The summed E-state index contributed by atoms with van der Waals surface area (Å²) >= 11 is 5.83. The van der Waals surface area contributed by atoms with Gasteiger partial charge in [-0.3, -0.25) is 4.79 Å². The quantitative estimate of drug-likeness (QED) is 0.721. The molecule has 0 fully saturated rings. The molecule has 5 heteroatoms. The van der Waals surface area contributed by atoms with Crippen molar-refractivity contribution in [3.8, 4) is 0 Å². The molecule has 0 aliphatic heterocycles. The average Bonchev–Trinajstić information content (AvgIpc) is 2.40. The number of amides is 1. The third kappa shape index (κ3) is 6.82. The number of nitrogens with one attached hydrogen (secondary N) is 1. The molecule has 0 aromatic heterocycles. The minimum Gasteiger partial charge on any atom is -0.397 e. The summed E-state index contributed by atoms with van der Waals surface area (Å²) in [7, 11) is 0. The van der Waals surface area contributed by atoms with Crippen LogP contribution < -0.4 is 11.1 Å². The zero-order valence-corrected chi connectivity index (χ0v) is 13.9. The molecule has 4 nitrogen and oxygen atoms in total. The van der Waals surface area contributed by atoms with Crippen molar-refractivity contribution in [1.82, 2.24) is 4.90 Å². The van der Waals surface area contributed by atoms with E-state index < -0.39 is 0 Å². The Kier molecular flexibility index (Phi) is 7.54. The molecule has 1 amide bonds. The van der Waals surface area contributed by atoms with Gasteiger partial charge in [0.25, 0.3) is 0 Å². The number of carbonyl (C=O) groups excluding carboxylic acids is 1. The predicted molar refractivity (Wildman–Crippen MR) is 90.7 cm³/mol. The summed E-state index contributed by atoms with van der Waals surface area (Å²) in [5.74, 6) is 0.636. The van der Waals surface area contributed by atoms with Crippen molar-refractivity contribution in [3.63, 3.8) is 0 Å². The van der Waals surface area contributed by atoms with Crippen LogP contribution in [0.5, 0.6) is 0 Å². The zero-order chi connectivity index (χ0) is 15.8. The fourth-order valence-corrected chi connectivity index (χ4v) is 2.40. The van der Waals surface area contributed by atoms with E-state index in [1.807, 2.05) is 0 Å². The van der Waals surface area contributed by atoms with E-state index in [0.29, 0.717) is 28.7 Å². The number of nitrogens with zero attached hydrogens (tertiary/aromatic N) is 1. The number of carbonyl (C=O) groups is 1. The molecule has 1 rings (SSSR count). The molecule has 0 saturated carbocycles. The number of nitrogens with two attached hydrogens (primary N) is 1. The Morgan fingerprint density at radius 3 is 2.71 bits per heavy atom. The number of benzene rings is 1.